The predicted molar refractivity (Wildman–Crippen MR) is 70.1 cm³/mol. The van der Waals surface area contributed by atoms with Crippen LogP contribution in [0.1, 0.15) is 31.3 Å². The van der Waals surface area contributed by atoms with E-state index < -0.39 is 11.3 Å². The molecule has 7 heteroatoms. The van der Waals surface area contributed by atoms with Gasteiger partial charge < -0.3 is 10.1 Å². The topological polar surface area (TPSA) is 64.4 Å². The largest absolute Gasteiger partial charge is 0.385 e. The van der Waals surface area contributed by atoms with Gasteiger partial charge in [0.1, 0.15) is 0 Å². The Kier molecular flexibility index (Phi) is 4.84. The number of ether oxygens (including phenoxy) is 1. The van der Waals surface area contributed by atoms with Crippen molar-refractivity contribution in [3.05, 3.63) is 33.9 Å². The second-order valence-corrected chi connectivity index (χ2v) is 4.68. The molecule has 110 valence electrons. The molecule has 0 bridgehead atoms. The Hall–Kier alpha value is -1.76. The van der Waals surface area contributed by atoms with E-state index in [1.807, 2.05) is 0 Å². The van der Waals surface area contributed by atoms with Gasteiger partial charge in [-0.15, -0.1) is 0 Å². The Morgan fingerprint density at radius 1 is 1.50 bits per heavy atom. The molecular formula is C13H16F2N2O3. The van der Waals surface area contributed by atoms with Crippen LogP contribution in [0.2, 0.25) is 0 Å². The summed E-state index contributed by atoms with van der Waals surface area (Å²) in [7, 11) is 0. The monoisotopic (exact) mass is 286 g/mol. The Morgan fingerprint density at radius 2 is 2.30 bits per heavy atom. The molecule has 1 aliphatic rings. The first-order valence-corrected chi connectivity index (χ1v) is 6.50. The quantitative estimate of drug-likeness (QED) is 0.642. The summed E-state index contributed by atoms with van der Waals surface area (Å²) in [5, 5.41) is 13.5. The first kappa shape index (κ1) is 14.6. The van der Waals surface area contributed by atoms with E-state index in [1.54, 1.807) is 0 Å². The van der Waals surface area contributed by atoms with Crippen LogP contribution >= 0.6 is 0 Å². The number of nitro benzene ring substituents is 1. The third-order valence-corrected chi connectivity index (χ3v) is 3.29. The van der Waals surface area contributed by atoms with Gasteiger partial charge >= 0.3 is 0 Å². The average molecular weight is 286 g/mol. The Balaban J connectivity index is 2.00. The number of nitro groups is 1. The molecule has 5 nitrogen and oxygen atoms in total. The molecule has 1 aromatic carbocycles. The van der Waals surface area contributed by atoms with E-state index in [1.165, 1.54) is 12.1 Å². The molecule has 0 saturated carbocycles. The van der Waals surface area contributed by atoms with Crippen molar-refractivity contribution in [3.8, 4) is 0 Å². The predicted octanol–water partition coefficient (Wildman–Crippen LogP) is 3.51. The first-order valence-electron chi connectivity index (χ1n) is 6.50. The lowest BCUT2D eigenvalue weighted by molar-refractivity contribution is -0.385. The molecule has 0 aliphatic carbocycles. The van der Waals surface area contributed by atoms with E-state index in [9.17, 15) is 18.9 Å². The van der Waals surface area contributed by atoms with Crippen LogP contribution in [0.4, 0.5) is 20.2 Å². The van der Waals surface area contributed by atoms with E-state index in [-0.39, 0.29) is 23.0 Å². The van der Waals surface area contributed by atoms with Gasteiger partial charge in [0.05, 0.1) is 11.0 Å². The molecule has 1 aromatic rings. The molecule has 1 heterocycles. The van der Waals surface area contributed by atoms with Crippen LogP contribution in [0.15, 0.2) is 18.2 Å². The maximum atomic E-state index is 12.9. The minimum atomic E-state index is -2.75. The second-order valence-electron chi connectivity index (χ2n) is 4.68. The van der Waals surface area contributed by atoms with Crippen molar-refractivity contribution in [2.75, 3.05) is 18.5 Å². The van der Waals surface area contributed by atoms with Gasteiger partial charge in [0.15, 0.2) is 0 Å². The van der Waals surface area contributed by atoms with Crippen molar-refractivity contribution in [3.63, 3.8) is 0 Å². The Labute approximate surface area is 115 Å². The lowest BCUT2D eigenvalue weighted by Gasteiger charge is -2.13. The summed E-state index contributed by atoms with van der Waals surface area (Å²) < 4.78 is 31.3. The summed E-state index contributed by atoms with van der Waals surface area (Å²) in [6, 6.07) is 3.47. The van der Waals surface area contributed by atoms with E-state index >= 15 is 0 Å². The fraction of sp³-hybridized carbons (Fsp3) is 0.538. The second kappa shape index (κ2) is 6.60. The molecule has 1 saturated heterocycles. The van der Waals surface area contributed by atoms with Crippen molar-refractivity contribution in [2.45, 2.75) is 31.8 Å². The molecule has 1 N–H and O–H groups in total. The van der Waals surface area contributed by atoms with E-state index in [0.717, 1.165) is 31.9 Å². The summed E-state index contributed by atoms with van der Waals surface area (Å²) in [5.41, 5.74) is -0.430. The summed E-state index contributed by atoms with van der Waals surface area (Å²) in [4.78, 5) is 9.92. The molecule has 1 atom stereocenters. The highest BCUT2D eigenvalue weighted by Crippen LogP contribution is 2.30. The van der Waals surface area contributed by atoms with Crippen LogP contribution < -0.4 is 5.32 Å². The molecule has 0 aromatic heterocycles. The van der Waals surface area contributed by atoms with Gasteiger partial charge in [-0.05, 0) is 25.3 Å². The summed E-state index contributed by atoms with van der Waals surface area (Å²) >= 11 is 0. The maximum absolute atomic E-state index is 12.9. The fourth-order valence-corrected chi connectivity index (χ4v) is 2.25. The van der Waals surface area contributed by atoms with Crippen molar-refractivity contribution in [2.24, 2.45) is 0 Å². The Morgan fingerprint density at radius 3 is 2.90 bits per heavy atom. The smallest absolute Gasteiger partial charge is 0.270 e. The zero-order valence-corrected chi connectivity index (χ0v) is 10.9. The lowest BCUT2D eigenvalue weighted by Crippen LogP contribution is -2.13. The Bertz CT molecular complexity index is 477. The number of alkyl halides is 2. The molecule has 0 spiro atoms. The van der Waals surface area contributed by atoms with Crippen LogP contribution in [-0.2, 0) is 4.74 Å². The minimum Gasteiger partial charge on any atom is -0.385 e. The zero-order chi connectivity index (χ0) is 14.5. The van der Waals surface area contributed by atoms with Gasteiger partial charge in [-0.2, -0.15) is 0 Å². The first-order chi connectivity index (χ1) is 9.58. The summed E-state index contributed by atoms with van der Waals surface area (Å²) in [5.74, 6) is 0. The molecule has 2 rings (SSSR count). The van der Waals surface area contributed by atoms with Gasteiger partial charge in [0, 0.05) is 36.5 Å². The normalized spacial score (nSPS) is 18.4. The average Bonchev–Trinajstić information content (AvgIpc) is 2.91. The van der Waals surface area contributed by atoms with Crippen molar-refractivity contribution in [1.82, 2.24) is 0 Å². The van der Waals surface area contributed by atoms with Crippen LogP contribution in [-0.4, -0.2) is 24.2 Å². The number of non-ortho nitro benzene ring substituents is 1. The highest BCUT2D eigenvalue weighted by Gasteiger charge is 2.19. The number of halogens is 2. The van der Waals surface area contributed by atoms with E-state index in [4.69, 9.17) is 4.74 Å². The number of benzene rings is 1. The fourth-order valence-electron chi connectivity index (χ4n) is 2.25. The standard InChI is InChI=1S/C13H16F2N2O3/c14-13(15)11-8-9(17(18)19)3-4-12(11)16-6-5-10-2-1-7-20-10/h3-4,8,10,13,16H,1-2,5-7H2. The number of rotatable bonds is 6. The highest BCUT2D eigenvalue weighted by molar-refractivity contribution is 5.56. The van der Waals surface area contributed by atoms with Gasteiger partial charge in [-0.25, -0.2) is 8.78 Å². The molecule has 0 amide bonds. The third-order valence-electron chi connectivity index (χ3n) is 3.29. The van der Waals surface area contributed by atoms with Gasteiger partial charge in [0.25, 0.3) is 12.1 Å². The number of hydrogen-bond donors (Lipinski definition) is 1. The lowest BCUT2D eigenvalue weighted by atomic mass is 10.1. The zero-order valence-electron chi connectivity index (χ0n) is 10.9. The van der Waals surface area contributed by atoms with E-state index in [0.29, 0.717) is 6.54 Å². The molecule has 1 fully saturated rings. The molecule has 1 aliphatic heterocycles. The maximum Gasteiger partial charge on any atom is 0.270 e. The van der Waals surface area contributed by atoms with E-state index in [2.05, 4.69) is 5.32 Å². The van der Waals surface area contributed by atoms with Crippen molar-refractivity contribution < 1.29 is 18.4 Å². The molecular weight excluding hydrogens is 270 g/mol. The number of nitrogens with one attached hydrogen (secondary N) is 1. The highest BCUT2D eigenvalue weighted by atomic mass is 19.3. The van der Waals surface area contributed by atoms with Crippen LogP contribution in [0.5, 0.6) is 0 Å². The van der Waals surface area contributed by atoms with Crippen LogP contribution in [0, 0.1) is 10.1 Å². The van der Waals surface area contributed by atoms with Gasteiger partial charge in [0.2, 0.25) is 0 Å². The van der Waals surface area contributed by atoms with Crippen LogP contribution in [0.3, 0.4) is 0 Å². The molecule has 0 radical (unpaired) electrons. The third kappa shape index (κ3) is 3.63. The van der Waals surface area contributed by atoms with Gasteiger partial charge in [-0.3, -0.25) is 10.1 Å². The molecule has 1 unspecified atom stereocenters. The van der Waals surface area contributed by atoms with Gasteiger partial charge in [-0.1, -0.05) is 0 Å². The number of anilines is 1. The number of hydrogen-bond acceptors (Lipinski definition) is 4. The molecule has 20 heavy (non-hydrogen) atoms. The van der Waals surface area contributed by atoms with Crippen LogP contribution in [0.25, 0.3) is 0 Å². The summed E-state index contributed by atoms with van der Waals surface area (Å²) in [6.45, 7) is 1.26. The van der Waals surface area contributed by atoms with Crippen molar-refractivity contribution in [1.29, 1.82) is 0 Å². The summed E-state index contributed by atoms with van der Waals surface area (Å²) in [6.07, 6.45) is 0.184. The number of nitrogens with zero attached hydrogens (tertiary/aromatic N) is 1. The van der Waals surface area contributed by atoms with Crippen molar-refractivity contribution >= 4 is 11.4 Å². The minimum absolute atomic E-state index is 0.176. The SMILES string of the molecule is O=[N+]([O-])c1ccc(NCCC2CCCO2)c(C(F)F)c1.